The van der Waals surface area contributed by atoms with E-state index in [1.54, 1.807) is 19.1 Å². The maximum Gasteiger partial charge on any atom is 0.319 e. The van der Waals surface area contributed by atoms with Crippen LogP contribution in [0.1, 0.15) is 31.2 Å². The Morgan fingerprint density at radius 1 is 1.42 bits per heavy atom. The molecule has 0 bridgehead atoms. The van der Waals surface area contributed by atoms with Crippen molar-refractivity contribution in [3.63, 3.8) is 0 Å². The summed E-state index contributed by atoms with van der Waals surface area (Å²) in [5, 5.41) is 15.3. The van der Waals surface area contributed by atoms with Gasteiger partial charge in [-0.25, -0.2) is 9.18 Å². The third-order valence-corrected chi connectivity index (χ3v) is 3.54. The standard InChI is InChI=1S/C14H19FN2O2/c1-10-4-5-11(8-12(10)15)17-13(18)16-9-14(19)6-2-3-7-14/h4-5,8,19H,2-3,6-7,9H2,1H3,(H2,16,17,18). The highest BCUT2D eigenvalue weighted by Crippen LogP contribution is 2.28. The number of aliphatic hydroxyl groups is 1. The molecule has 4 nitrogen and oxygen atoms in total. The first-order valence-electron chi connectivity index (χ1n) is 6.52. The van der Waals surface area contributed by atoms with E-state index in [1.807, 2.05) is 0 Å². The van der Waals surface area contributed by atoms with Gasteiger partial charge >= 0.3 is 6.03 Å². The molecule has 1 aliphatic rings. The third kappa shape index (κ3) is 3.67. The Morgan fingerprint density at radius 3 is 2.74 bits per heavy atom. The summed E-state index contributed by atoms with van der Waals surface area (Å²) in [6.45, 7) is 1.89. The number of hydrogen-bond donors (Lipinski definition) is 3. The summed E-state index contributed by atoms with van der Waals surface area (Å²) >= 11 is 0. The molecule has 0 radical (unpaired) electrons. The molecule has 2 rings (SSSR count). The number of aryl methyl sites for hydroxylation is 1. The topological polar surface area (TPSA) is 61.4 Å². The molecule has 3 N–H and O–H groups in total. The van der Waals surface area contributed by atoms with Gasteiger partial charge < -0.3 is 15.7 Å². The second-order valence-electron chi connectivity index (χ2n) is 5.20. The van der Waals surface area contributed by atoms with Crippen LogP contribution in [0.15, 0.2) is 18.2 Å². The largest absolute Gasteiger partial charge is 0.388 e. The maximum atomic E-state index is 13.3. The number of nitrogens with one attached hydrogen (secondary N) is 2. The van der Waals surface area contributed by atoms with E-state index < -0.39 is 11.6 Å². The molecule has 1 aliphatic carbocycles. The molecule has 5 heteroatoms. The van der Waals surface area contributed by atoms with E-state index in [0.29, 0.717) is 24.1 Å². The molecule has 0 heterocycles. The Labute approximate surface area is 112 Å². The van der Waals surface area contributed by atoms with Crippen molar-refractivity contribution in [2.24, 2.45) is 0 Å². The van der Waals surface area contributed by atoms with Gasteiger partial charge in [-0.3, -0.25) is 0 Å². The minimum Gasteiger partial charge on any atom is -0.388 e. The molecular weight excluding hydrogens is 247 g/mol. The lowest BCUT2D eigenvalue weighted by Crippen LogP contribution is -2.42. The van der Waals surface area contributed by atoms with Crippen LogP contribution in [0.25, 0.3) is 0 Å². The minimum atomic E-state index is -0.782. The van der Waals surface area contributed by atoms with Gasteiger partial charge in [-0.2, -0.15) is 0 Å². The summed E-state index contributed by atoms with van der Waals surface area (Å²) in [6, 6.07) is 4.10. The van der Waals surface area contributed by atoms with Crippen LogP contribution in [0.5, 0.6) is 0 Å². The Balaban J connectivity index is 1.85. The van der Waals surface area contributed by atoms with Gasteiger partial charge in [0.15, 0.2) is 0 Å². The molecule has 1 aromatic rings. The van der Waals surface area contributed by atoms with Crippen LogP contribution in [0.4, 0.5) is 14.9 Å². The van der Waals surface area contributed by atoms with E-state index >= 15 is 0 Å². The minimum absolute atomic E-state index is 0.229. The summed E-state index contributed by atoms with van der Waals surface area (Å²) in [6.07, 6.45) is 3.41. The van der Waals surface area contributed by atoms with E-state index in [2.05, 4.69) is 10.6 Å². The van der Waals surface area contributed by atoms with Crippen molar-refractivity contribution in [3.05, 3.63) is 29.6 Å². The third-order valence-electron chi connectivity index (χ3n) is 3.54. The molecule has 0 spiro atoms. The predicted molar refractivity (Wildman–Crippen MR) is 71.6 cm³/mol. The zero-order valence-corrected chi connectivity index (χ0v) is 11.0. The number of benzene rings is 1. The van der Waals surface area contributed by atoms with Gasteiger partial charge in [0, 0.05) is 12.2 Å². The summed E-state index contributed by atoms with van der Waals surface area (Å²) in [5.41, 5.74) is 0.154. The van der Waals surface area contributed by atoms with E-state index in [4.69, 9.17) is 0 Å². The number of carbonyl (C=O) groups excluding carboxylic acids is 1. The summed E-state index contributed by atoms with van der Waals surface area (Å²) in [7, 11) is 0. The van der Waals surface area contributed by atoms with Gasteiger partial charge in [-0.05, 0) is 37.5 Å². The number of hydrogen-bond acceptors (Lipinski definition) is 2. The molecule has 0 unspecified atom stereocenters. The van der Waals surface area contributed by atoms with Crippen LogP contribution in [0.2, 0.25) is 0 Å². The molecule has 104 valence electrons. The van der Waals surface area contributed by atoms with E-state index in [0.717, 1.165) is 12.8 Å². The first-order chi connectivity index (χ1) is 8.98. The lowest BCUT2D eigenvalue weighted by molar-refractivity contribution is 0.0506. The van der Waals surface area contributed by atoms with Gasteiger partial charge in [-0.1, -0.05) is 18.9 Å². The predicted octanol–water partition coefficient (Wildman–Crippen LogP) is 2.56. The fourth-order valence-electron chi connectivity index (χ4n) is 2.30. The normalized spacial score (nSPS) is 17.2. The average molecular weight is 266 g/mol. The Hall–Kier alpha value is -1.62. The number of amides is 2. The number of rotatable bonds is 3. The molecule has 0 saturated heterocycles. The summed E-state index contributed by atoms with van der Waals surface area (Å²) < 4.78 is 13.3. The monoisotopic (exact) mass is 266 g/mol. The zero-order valence-electron chi connectivity index (χ0n) is 11.0. The molecule has 1 saturated carbocycles. The highest BCUT2D eigenvalue weighted by atomic mass is 19.1. The molecule has 1 aromatic carbocycles. The quantitative estimate of drug-likeness (QED) is 0.787. The second kappa shape index (κ2) is 5.57. The van der Waals surface area contributed by atoms with Crippen LogP contribution < -0.4 is 10.6 Å². The van der Waals surface area contributed by atoms with Gasteiger partial charge in [0.1, 0.15) is 5.82 Å². The van der Waals surface area contributed by atoms with Gasteiger partial charge in [0.25, 0.3) is 0 Å². The summed E-state index contributed by atoms with van der Waals surface area (Å²) in [4.78, 5) is 11.7. The first-order valence-corrected chi connectivity index (χ1v) is 6.52. The van der Waals surface area contributed by atoms with Gasteiger partial charge in [0.05, 0.1) is 5.60 Å². The van der Waals surface area contributed by atoms with Crippen LogP contribution in [0, 0.1) is 12.7 Å². The van der Waals surface area contributed by atoms with Crippen molar-refractivity contribution < 1.29 is 14.3 Å². The lowest BCUT2D eigenvalue weighted by Gasteiger charge is -2.22. The fourth-order valence-corrected chi connectivity index (χ4v) is 2.30. The smallest absolute Gasteiger partial charge is 0.319 e. The van der Waals surface area contributed by atoms with Crippen LogP contribution in [-0.2, 0) is 0 Å². The molecule has 0 aliphatic heterocycles. The molecule has 0 atom stereocenters. The van der Waals surface area contributed by atoms with Crippen molar-refractivity contribution >= 4 is 11.7 Å². The number of carbonyl (C=O) groups is 1. The first kappa shape index (κ1) is 13.8. The van der Waals surface area contributed by atoms with Crippen molar-refractivity contribution in [1.29, 1.82) is 0 Å². The maximum absolute atomic E-state index is 13.3. The van der Waals surface area contributed by atoms with E-state index in [1.165, 1.54) is 6.07 Å². The van der Waals surface area contributed by atoms with Gasteiger partial charge in [0.2, 0.25) is 0 Å². The average Bonchev–Trinajstić information content (AvgIpc) is 2.79. The van der Waals surface area contributed by atoms with Crippen LogP contribution >= 0.6 is 0 Å². The second-order valence-corrected chi connectivity index (χ2v) is 5.20. The van der Waals surface area contributed by atoms with Crippen molar-refractivity contribution in [2.75, 3.05) is 11.9 Å². The van der Waals surface area contributed by atoms with Crippen LogP contribution in [0.3, 0.4) is 0 Å². The highest BCUT2D eigenvalue weighted by molar-refractivity contribution is 5.89. The van der Waals surface area contributed by atoms with E-state index in [9.17, 15) is 14.3 Å². The molecule has 0 aromatic heterocycles. The Kier molecular flexibility index (Phi) is 4.04. The fraction of sp³-hybridized carbons (Fsp3) is 0.500. The van der Waals surface area contributed by atoms with Crippen LogP contribution in [-0.4, -0.2) is 23.3 Å². The van der Waals surface area contributed by atoms with Crippen molar-refractivity contribution in [1.82, 2.24) is 5.32 Å². The lowest BCUT2D eigenvalue weighted by atomic mass is 10.0. The molecule has 2 amide bonds. The van der Waals surface area contributed by atoms with Crippen molar-refractivity contribution in [3.8, 4) is 0 Å². The Morgan fingerprint density at radius 2 is 2.11 bits per heavy atom. The van der Waals surface area contributed by atoms with E-state index in [-0.39, 0.29) is 12.4 Å². The summed E-state index contributed by atoms with van der Waals surface area (Å²) in [5.74, 6) is -0.354. The number of urea groups is 1. The molecule has 1 fully saturated rings. The van der Waals surface area contributed by atoms with Crippen molar-refractivity contribution in [2.45, 2.75) is 38.2 Å². The molecule has 19 heavy (non-hydrogen) atoms. The highest BCUT2D eigenvalue weighted by Gasteiger charge is 2.31. The Bertz CT molecular complexity index is 471. The SMILES string of the molecule is Cc1ccc(NC(=O)NCC2(O)CCCC2)cc1F. The molecular formula is C14H19FN2O2. The number of halogens is 1. The number of anilines is 1. The zero-order chi connectivity index (χ0) is 13.9. The van der Waals surface area contributed by atoms with Gasteiger partial charge in [-0.15, -0.1) is 0 Å².